The van der Waals surface area contributed by atoms with Crippen LogP contribution in [-0.4, -0.2) is 53.4 Å². The zero-order valence-electron chi connectivity index (χ0n) is 13.4. The smallest absolute Gasteiger partial charge is 0.306 e. The summed E-state index contributed by atoms with van der Waals surface area (Å²) in [6.07, 6.45) is 3.25. The molecular formula is C18H25NO4. The summed E-state index contributed by atoms with van der Waals surface area (Å²) in [5.74, 6) is -0.186. The molecule has 0 saturated carbocycles. The summed E-state index contributed by atoms with van der Waals surface area (Å²) < 4.78 is 5.73. The van der Waals surface area contributed by atoms with E-state index in [4.69, 9.17) is 9.84 Å². The number of carboxylic acid groups (broad SMARTS) is 1. The number of aliphatic hydroxyl groups excluding tert-OH is 1. The molecule has 1 atom stereocenters. The van der Waals surface area contributed by atoms with Crippen molar-refractivity contribution in [3.63, 3.8) is 0 Å². The van der Waals surface area contributed by atoms with E-state index in [9.17, 15) is 9.90 Å². The molecule has 126 valence electrons. The highest BCUT2D eigenvalue weighted by atomic mass is 16.5. The minimum absolute atomic E-state index is 0.229. The van der Waals surface area contributed by atoms with Gasteiger partial charge in [-0.15, -0.1) is 6.58 Å². The van der Waals surface area contributed by atoms with E-state index >= 15 is 0 Å². The van der Waals surface area contributed by atoms with Crippen molar-refractivity contribution in [1.82, 2.24) is 4.90 Å². The van der Waals surface area contributed by atoms with E-state index in [0.29, 0.717) is 32.5 Å². The van der Waals surface area contributed by atoms with Crippen LogP contribution in [0.1, 0.15) is 18.4 Å². The van der Waals surface area contributed by atoms with Gasteiger partial charge in [-0.3, -0.25) is 4.79 Å². The highest BCUT2D eigenvalue weighted by Gasteiger charge is 2.25. The highest BCUT2D eigenvalue weighted by molar-refractivity contribution is 5.70. The second-order valence-electron chi connectivity index (χ2n) is 5.98. The molecule has 1 saturated heterocycles. The summed E-state index contributed by atoms with van der Waals surface area (Å²) in [5.41, 5.74) is 1.05. The molecule has 0 amide bonds. The van der Waals surface area contributed by atoms with Crippen LogP contribution in [0, 0.1) is 5.92 Å². The summed E-state index contributed by atoms with van der Waals surface area (Å²) >= 11 is 0. The van der Waals surface area contributed by atoms with Crippen LogP contribution in [0.25, 0.3) is 0 Å². The minimum Gasteiger partial charge on any atom is -0.491 e. The Kier molecular flexibility index (Phi) is 6.62. The number of aliphatic hydroxyl groups is 1. The number of benzene rings is 1. The topological polar surface area (TPSA) is 70.0 Å². The van der Waals surface area contributed by atoms with Crippen molar-refractivity contribution in [3.05, 3.63) is 42.5 Å². The third-order valence-electron chi connectivity index (χ3n) is 4.17. The largest absolute Gasteiger partial charge is 0.491 e. The summed E-state index contributed by atoms with van der Waals surface area (Å²) in [5, 5.41) is 19.1. The van der Waals surface area contributed by atoms with Crippen molar-refractivity contribution in [1.29, 1.82) is 0 Å². The van der Waals surface area contributed by atoms with E-state index in [2.05, 4.69) is 11.5 Å². The molecule has 1 aliphatic rings. The Labute approximate surface area is 137 Å². The fourth-order valence-corrected chi connectivity index (χ4v) is 2.87. The molecule has 23 heavy (non-hydrogen) atoms. The quantitative estimate of drug-likeness (QED) is 0.717. The number of aliphatic carboxylic acids is 1. The lowest BCUT2D eigenvalue weighted by atomic mass is 9.97. The molecular weight excluding hydrogens is 294 g/mol. The molecule has 5 heteroatoms. The molecule has 2 rings (SSSR count). The highest BCUT2D eigenvalue weighted by Crippen LogP contribution is 2.20. The first-order chi connectivity index (χ1) is 11.1. The molecule has 0 bridgehead atoms. The maximum absolute atomic E-state index is 10.9. The standard InChI is InChI=1S/C18H25NO4/c1-2-5-14-6-3-4-7-17(14)23-13-16(20)12-19-10-8-15(9-11-19)18(21)22/h2-4,6-7,15-16,20H,1,5,8-13H2,(H,21,22). The Morgan fingerprint density at radius 3 is 2.74 bits per heavy atom. The van der Waals surface area contributed by atoms with Crippen LogP contribution in [0.2, 0.25) is 0 Å². The molecule has 1 unspecified atom stereocenters. The SMILES string of the molecule is C=CCc1ccccc1OCC(O)CN1CCC(C(=O)O)CC1. The van der Waals surface area contributed by atoms with Gasteiger partial charge in [0, 0.05) is 6.54 Å². The molecule has 1 aromatic rings. The lowest BCUT2D eigenvalue weighted by molar-refractivity contribution is -0.143. The third-order valence-corrected chi connectivity index (χ3v) is 4.17. The average molecular weight is 319 g/mol. The number of para-hydroxylation sites is 1. The van der Waals surface area contributed by atoms with Gasteiger partial charge in [-0.25, -0.2) is 0 Å². The van der Waals surface area contributed by atoms with Crippen LogP contribution in [0.3, 0.4) is 0 Å². The lowest BCUT2D eigenvalue weighted by Crippen LogP contribution is -2.42. The summed E-state index contributed by atoms with van der Waals surface area (Å²) in [4.78, 5) is 13.0. The van der Waals surface area contributed by atoms with Crippen molar-refractivity contribution in [2.24, 2.45) is 5.92 Å². The van der Waals surface area contributed by atoms with E-state index in [1.165, 1.54) is 0 Å². The van der Waals surface area contributed by atoms with Gasteiger partial charge in [-0.2, -0.15) is 0 Å². The van der Waals surface area contributed by atoms with Gasteiger partial charge < -0.3 is 19.8 Å². The van der Waals surface area contributed by atoms with Crippen LogP contribution in [-0.2, 0) is 11.2 Å². The van der Waals surface area contributed by atoms with Gasteiger partial charge >= 0.3 is 5.97 Å². The maximum atomic E-state index is 10.9. The number of carboxylic acids is 1. The minimum atomic E-state index is -0.715. The van der Waals surface area contributed by atoms with Gasteiger partial charge in [0.05, 0.1) is 5.92 Å². The molecule has 0 radical (unpaired) electrons. The van der Waals surface area contributed by atoms with Crippen molar-refractivity contribution >= 4 is 5.97 Å². The Balaban J connectivity index is 1.76. The van der Waals surface area contributed by atoms with Crippen molar-refractivity contribution < 1.29 is 19.7 Å². The average Bonchev–Trinajstić information content (AvgIpc) is 2.55. The van der Waals surface area contributed by atoms with E-state index in [0.717, 1.165) is 17.7 Å². The van der Waals surface area contributed by atoms with E-state index < -0.39 is 12.1 Å². The molecule has 5 nitrogen and oxygen atoms in total. The number of allylic oxidation sites excluding steroid dienone is 1. The number of ether oxygens (including phenoxy) is 1. The first-order valence-electron chi connectivity index (χ1n) is 8.05. The number of nitrogens with zero attached hydrogens (tertiary/aromatic N) is 1. The molecule has 0 spiro atoms. The second kappa shape index (κ2) is 8.70. The summed E-state index contributed by atoms with van der Waals surface area (Å²) in [6.45, 7) is 5.89. The molecule has 2 N–H and O–H groups in total. The normalized spacial score (nSPS) is 17.6. The number of likely N-dealkylation sites (tertiary alicyclic amines) is 1. The van der Waals surface area contributed by atoms with Crippen LogP contribution in [0.4, 0.5) is 0 Å². The van der Waals surface area contributed by atoms with Crippen LogP contribution in [0.15, 0.2) is 36.9 Å². The second-order valence-corrected chi connectivity index (χ2v) is 5.98. The fraction of sp³-hybridized carbons (Fsp3) is 0.500. The number of carbonyl (C=O) groups is 1. The Morgan fingerprint density at radius 1 is 1.39 bits per heavy atom. The van der Waals surface area contributed by atoms with E-state index in [-0.39, 0.29) is 12.5 Å². The van der Waals surface area contributed by atoms with Gasteiger partial charge in [0.25, 0.3) is 0 Å². The molecule has 0 aliphatic carbocycles. The van der Waals surface area contributed by atoms with Gasteiger partial charge in [-0.05, 0) is 44.0 Å². The summed E-state index contributed by atoms with van der Waals surface area (Å²) in [7, 11) is 0. The zero-order valence-corrected chi connectivity index (χ0v) is 13.4. The summed E-state index contributed by atoms with van der Waals surface area (Å²) in [6, 6.07) is 7.74. The predicted molar refractivity (Wildman–Crippen MR) is 88.6 cm³/mol. The van der Waals surface area contributed by atoms with Crippen molar-refractivity contribution in [3.8, 4) is 5.75 Å². The molecule has 1 heterocycles. The molecule has 1 fully saturated rings. The van der Waals surface area contributed by atoms with E-state index in [1.54, 1.807) is 0 Å². The van der Waals surface area contributed by atoms with Gasteiger partial charge in [0.15, 0.2) is 0 Å². The first-order valence-corrected chi connectivity index (χ1v) is 8.05. The van der Waals surface area contributed by atoms with Gasteiger partial charge in [0.2, 0.25) is 0 Å². The van der Waals surface area contributed by atoms with Gasteiger partial charge in [-0.1, -0.05) is 24.3 Å². The number of β-amino-alcohol motifs (C(OH)–C–C–N with tert-alkyl or cyclic N) is 1. The molecule has 0 aromatic heterocycles. The first kappa shape index (κ1) is 17.5. The molecule has 1 aliphatic heterocycles. The van der Waals surface area contributed by atoms with Crippen LogP contribution >= 0.6 is 0 Å². The van der Waals surface area contributed by atoms with Crippen LogP contribution in [0.5, 0.6) is 5.75 Å². The Morgan fingerprint density at radius 2 is 2.09 bits per heavy atom. The van der Waals surface area contributed by atoms with Crippen molar-refractivity contribution in [2.75, 3.05) is 26.2 Å². The van der Waals surface area contributed by atoms with E-state index in [1.807, 2.05) is 30.3 Å². The number of hydrogen-bond donors (Lipinski definition) is 2. The Hall–Kier alpha value is -1.85. The van der Waals surface area contributed by atoms with Crippen LogP contribution < -0.4 is 4.74 Å². The monoisotopic (exact) mass is 319 g/mol. The maximum Gasteiger partial charge on any atom is 0.306 e. The van der Waals surface area contributed by atoms with Crippen molar-refractivity contribution in [2.45, 2.75) is 25.4 Å². The zero-order chi connectivity index (χ0) is 16.7. The number of rotatable bonds is 8. The fourth-order valence-electron chi connectivity index (χ4n) is 2.87. The van der Waals surface area contributed by atoms with Gasteiger partial charge in [0.1, 0.15) is 18.5 Å². The third kappa shape index (κ3) is 5.37. The lowest BCUT2D eigenvalue weighted by Gasteiger charge is -2.31. The molecule has 1 aromatic carbocycles. The number of piperidine rings is 1. The Bertz CT molecular complexity index is 524. The predicted octanol–water partition coefficient (Wildman–Crippen LogP) is 1.95. The number of hydrogen-bond acceptors (Lipinski definition) is 4.